The normalized spacial score (nSPS) is 11.8. The van der Waals surface area contributed by atoms with Gasteiger partial charge in [0.1, 0.15) is 11.3 Å². The summed E-state index contributed by atoms with van der Waals surface area (Å²) in [4.78, 5) is 12.0. The molecular formula is C17H11F3O3. The minimum atomic E-state index is -4.41. The zero-order valence-corrected chi connectivity index (χ0v) is 11.7. The highest BCUT2D eigenvalue weighted by atomic mass is 19.4. The molecule has 1 aromatic heterocycles. The van der Waals surface area contributed by atoms with Crippen LogP contribution in [0.25, 0.3) is 11.0 Å². The second-order valence-electron chi connectivity index (χ2n) is 5.08. The number of alkyl halides is 3. The van der Waals surface area contributed by atoms with Crippen LogP contribution in [0.3, 0.4) is 0 Å². The van der Waals surface area contributed by atoms with Gasteiger partial charge >= 0.3 is 11.8 Å². The third-order valence-corrected chi connectivity index (χ3v) is 3.54. The third-order valence-electron chi connectivity index (χ3n) is 3.54. The van der Waals surface area contributed by atoms with Gasteiger partial charge in [0.05, 0.1) is 16.5 Å². The zero-order chi connectivity index (χ0) is 16.6. The predicted molar refractivity (Wildman–Crippen MR) is 78.4 cm³/mol. The van der Waals surface area contributed by atoms with Gasteiger partial charge in [0.15, 0.2) is 0 Å². The van der Waals surface area contributed by atoms with Crippen LogP contribution in [0.4, 0.5) is 13.2 Å². The highest BCUT2D eigenvalue weighted by molar-refractivity contribution is 5.84. The molecular weight excluding hydrogens is 309 g/mol. The maximum Gasteiger partial charge on any atom is 0.416 e. The Morgan fingerprint density at radius 2 is 1.65 bits per heavy atom. The Hall–Kier alpha value is -2.76. The van der Waals surface area contributed by atoms with E-state index in [0.29, 0.717) is 10.9 Å². The van der Waals surface area contributed by atoms with Crippen LogP contribution in [0.5, 0.6) is 5.75 Å². The molecule has 0 aliphatic carbocycles. The van der Waals surface area contributed by atoms with Crippen molar-refractivity contribution in [3.8, 4) is 5.75 Å². The van der Waals surface area contributed by atoms with Crippen molar-refractivity contribution in [2.75, 3.05) is 0 Å². The fourth-order valence-electron chi connectivity index (χ4n) is 2.34. The molecule has 3 rings (SSSR count). The molecule has 3 aromatic rings. The van der Waals surface area contributed by atoms with E-state index in [0.717, 1.165) is 12.1 Å². The lowest BCUT2D eigenvalue weighted by atomic mass is 10.0. The van der Waals surface area contributed by atoms with Crippen molar-refractivity contribution in [1.82, 2.24) is 0 Å². The molecule has 3 nitrogen and oxygen atoms in total. The number of halogens is 3. The van der Waals surface area contributed by atoms with E-state index in [9.17, 15) is 23.1 Å². The first-order valence-electron chi connectivity index (χ1n) is 6.76. The van der Waals surface area contributed by atoms with Gasteiger partial charge in [0, 0.05) is 6.42 Å². The van der Waals surface area contributed by atoms with E-state index in [4.69, 9.17) is 4.42 Å². The summed E-state index contributed by atoms with van der Waals surface area (Å²) in [7, 11) is 0. The second kappa shape index (κ2) is 5.46. The van der Waals surface area contributed by atoms with E-state index >= 15 is 0 Å². The largest absolute Gasteiger partial charge is 0.507 e. The minimum absolute atomic E-state index is 0.0167. The topological polar surface area (TPSA) is 50.4 Å². The molecule has 0 radical (unpaired) electrons. The summed E-state index contributed by atoms with van der Waals surface area (Å²) in [6.45, 7) is 0. The molecule has 2 aromatic carbocycles. The molecule has 6 heteroatoms. The SMILES string of the molecule is O=c1oc2ccccc2c(O)c1Cc1ccc(C(F)(F)F)cc1. The smallest absolute Gasteiger partial charge is 0.416 e. The Bertz CT molecular complexity index is 909. The Balaban J connectivity index is 2.00. The molecule has 0 spiro atoms. The van der Waals surface area contributed by atoms with Gasteiger partial charge in [-0.1, -0.05) is 24.3 Å². The average Bonchev–Trinajstić information content (AvgIpc) is 2.51. The quantitative estimate of drug-likeness (QED) is 0.723. The highest BCUT2D eigenvalue weighted by Crippen LogP contribution is 2.30. The van der Waals surface area contributed by atoms with Crippen LogP contribution in [0.15, 0.2) is 57.7 Å². The summed E-state index contributed by atoms with van der Waals surface area (Å²) in [5, 5.41) is 10.6. The van der Waals surface area contributed by atoms with Crippen molar-refractivity contribution in [3.63, 3.8) is 0 Å². The molecule has 0 amide bonds. The predicted octanol–water partition coefficient (Wildman–Crippen LogP) is 4.11. The van der Waals surface area contributed by atoms with Crippen molar-refractivity contribution in [1.29, 1.82) is 0 Å². The lowest BCUT2D eigenvalue weighted by Gasteiger charge is -2.09. The van der Waals surface area contributed by atoms with Crippen molar-refractivity contribution < 1.29 is 22.7 Å². The van der Waals surface area contributed by atoms with Crippen molar-refractivity contribution in [2.24, 2.45) is 0 Å². The van der Waals surface area contributed by atoms with Crippen LogP contribution in [0.2, 0.25) is 0 Å². The van der Waals surface area contributed by atoms with Gasteiger partial charge < -0.3 is 9.52 Å². The summed E-state index contributed by atoms with van der Waals surface area (Å²) < 4.78 is 42.8. The van der Waals surface area contributed by atoms with Crippen molar-refractivity contribution in [3.05, 3.63) is 75.6 Å². The first-order valence-corrected chi connectivity index (χ1v) is 6.76. The zero-order valence-electron chi connectivity index (χ0n) is 11.7. The van der Waals surface area contributed by atoms with Gasteiger partial charge in [-0.05, 0) is 29.8 Å². The fraction of sp³-hybridized carbons (Fsp3) is 0.118. The van der Waals surface area contributed by atoms with E-state index < -0.39 is 17.4 Å². The molecule has 0 saturated carbocycles. The summed E-state index contributed by atoms with van der Waals surface area (Å²) >= 11 is 0. The van der Waals surface area contributed by atoms with Gasteiger partial charge in [0.25, 0.3) is 0 Å². The highest BCUT2D eigenvalue weighted by Gasteiger charge is 2.30. The molecule has 0 bridgehead atoms. The van der Waals surface area contributed by atoms with Crippen LogP contribution >= 0.6 is 0 Å². The summed E-state index contributed by atoms with van der Waals surface area (Å²) in [6.07, 6.45) is -4.43. The van der Waals surface area contributed by atoms with E-state index in [2.05, 4.69) is 0 Å². The van der Waals surface area contributed by atoms with E-state index in [1.807, 2.05) is 0 Å². The van der Waals surface area contributed by atoms with Gasteiger partial charge in [-0.3, -0.25) is 0 Å². The lowest BCUT2D eigenvalue weighted by Crippen LogP contribution is -2.09. The molecule has 1 N–H and O–H groups in total. The summed E-state index contributed by atoms with van der Waals surface area (Å²) in [6, 6.07) is 10.9. The molecule has 0 saturated heterocycles. The van der Waals surface area contributed by atoms with E-state index in [1.54, 1.807) is 24.3 Å². The number of hydrogen-bond acceptors (Lipinski definition) is 3. The van der Waals surface area contributed by atoms with Crippen LogP contribution in [-0.4, -0.2) is 5.11 Å². The fourth-order valence-corrected chi connectivity index (χ4v) is 2.34. The monoisotopic (exact) mass is 320 g/mol. The third kappa shape index (κ3) is 2.92. The first-order chi connectivity index (χ1) is 10.9. The standard InChI is InChI=1S/C17H11F3O3/c18-17(19,20)11-7-5-10(6-8-11)9-13-15(21)12-3-1-2-4-14(12)23-16(13)22/h1-8,21H,9H2. The number of aromatic hydroxyl groups is 1. The number of benzene rings is 2. The van der Waals surface area contributed by atoms with Crippen LogP contribution < -0.4 is 5.63 Å². The molecule has 0 unspecified atom stereocenters. The Kier molecular flexibility index (Phi) is 3.60. The minimum Gasteiger partial charge on any atom is -0.507 e. The average molecular weight is 320 g/mol. The van der Waals surface area contributed by atoms with Gasteiger partial charge in [-0.2, -0.15) is 13.2 Å². The van der Waals surface area contributed by atoms with Crippen molar-refractivity contribution >= 4 is 11.0 Å². The molecule has 0 atom stereocenters. The maximum atomic E-state index is 12.5. The van der Waals surface area contributed by atoms with Gasteiger partial charge in [0.2, 0.25) is 0 Å². The summed E-state index contributed by atoms with van der Waals surface area (Å²) in [5.74, 6) is -0.211. The Morgan fingerprint density at radius 3 is 2.30 bits per heavy atom. The van der Waals surface area contributed by atoms with Gasteiger partial charge in [-0.25, -0.2) is 4.79 Å². The number of para-hydroxylation sites is 1. The molecule has 23 heavy (non-hydrogen) atoms. The van der Waals surface area contributed by atoms with Crippen LogP contribution in [0, 0.1) is 0 Å². The van der Waals surface area contributed by atoms with Crippen molar-refractivity contribution in [2.45, 2.75) is 12.6 Å². The molecule has 0 fully saturated rings. The van der Waals surface area contributed by atoms with Gasteiger partial charge in [-0.15, -0.1) is 0 Å². The Labute approximate surface area is 128 Å². The summed E-state index contributed by atoms with van der Waals surface area (Å²) in [5.41, 5.74) is -0.734. The maximum absolute atomic E-state index is 12.5. The van der Waals surface area contributed by atoms with Crippen LogP contribution in [0.1, 0.15) is 16.7 Å². The number of fused-ring (bicyclic) bond motifs is 1. The van der Waals surface area contributed by atoms with E-state index in [1.165, 1.54) is 12.1 Å². The first kappa shape index (κ1) is 15.1. The second-order valence-corrected chi connectivity index (χ2v) is 5.08. The molecule has 0 aliphatic heterocycles. The molecule has 0 aliphatic rings. The Morgan fingerprint density at radius 1 is 1.00 bits per heavy atom. The number of rotatable bonds is 2. The van der Waals surface area contributed by atoms with E-state index in [-0.39, 0.29) is 23.3 Å². The lowest BCUT2D eigenvalue weighted by molar-refractivity contribution is -0.137. The molecule has 118 valence electrons. The molecule has 1 heterocycles. The van der Waals surface area contributed by atoms with Crippen LogP contribution in [-0.2, 0) is 12.6 Å². The number of hydrogen-bond donors (Lipinski definition) is 1.